The molecule has 0 saturated heterocycles. The summed E-state index contributed by atoms with van der Waals surface area (Å²) in [5.41, 5.74) is 2.01. The molecule has 0 aliphatic carbocycles. The summed E-state index contributed by atoms with van der Waals surface area (Å²) < 4.78 is 19.1. The van der Waals surface area contributed by atoms with E-state index < -0.39 is 0 Å². The van der Waals surface area contributed by atoms with Gasteiger partial charge in [-0.15, -0.1) is 24.0 Å². The van der Waals surface area contributed by atoms with Crippen molar-refractivity contribution >= 4 is 40.8 Å². The van der Waals surface area contributed by atoms with Crippen LogP contribution in [0.1, 0.15) is 37.0 Å². The molecule has 0 bridgehead atoms. The summed E-state index contributed by atoms with van der Waals surface area (Å²) in [5.74, 6) is 2.28. The first-order valence-corrected chi connectivity index (χ1v) is 8.93. The Bertz CT molecular complexity index is 902. The Labute approximate surface area is 175 Å². The summed E-state index contributed by atoms with van der Waals surface area (Å²) in [6.07, 6.45) is 2.66. The average Bonchev–Trinajstić information content (AvgIpc) is 3.21. The smallest absolute Gasteiger partial charge is 0.191 e. The molecule has 2 heterocycles. The van der Waals surface area contributed by atoms with Crippen molar-refractivity contribution in [2.45, 2.75) is 33.2 Å². The number of halogens is 2. The predicted molar refractivity (Wildman–Crippen MR) is 118 cm³/mol. The lowest BCUT2D eigenvalue weighted by molar-refractivity contribution is 0.441. The van der Waals surface area contributed by atoms with E-state index in [1.54, 1.807) is 12.1 Å². The number of rotatable bonds is 6. The van der Waals surface area contributed by atoms with Gasteiger partial charge in [0.1, 0.15) is 17.3 Å². The highest BCUT2D eigenvalue weighted by molar-refractivity contribution is 14.0. The number of nitrogens with one attached hydrogen (secondary N) is 3. The molecule has 0 aliphatic heterocycles. The largest absolute Gasteiger partial charge is 0.464 e. The van der Waals surface area contributed by atoms with Crippen LogP contribution in [0.2, 0.25) is 0 Å². The van der Waals surface area contributed by atoms with Crippen LogP contribution >= 0.6 is 24.0 Å². The SMILES string of the molecule is CCNC(=NCCc1c[nH]c2ccc(F)cc12)NC(C)c1ccc(C)o1.I. The number of nitrogens with zero attached hydrogens (tertiary/aromatic N) is 1. The second kappa shape index (κ2) is 9.77. The Morgan fingerprint density at radius 2 is 2.11 bits per heavy atom. The number of H-pyrrole nitrogens is 1. The van der Waals surface area contributed by atoms with Crippen LogP contribution in [0.4, 0.5) is 4.39 Å². The first kappa shape index (κ1) is 21.3. The van der Waals surface area contributed by atoms with Crippen molar-refractivity contribution < 1.29 is 8.81 Å². The predicted octanol–water partition coefficient (Wildman–Crippen LogP) is 4.69. The molecule has 1 atom stereocenters. The fourth-order valence-corrected chi connectivity index (χ4v) is 2.93. The van der Waals surface area contributed by atoms with E-state index in [2.05, 4.69) is 20.6 Å². The minimum Gasteiger partial charge on any atom is -0.464 e. The van der Waals surface area contributed by atoms with Gasteiger partial charge < -0.3 is 20.0 Å². The highest BCUT2D eigenvalue weighted by Crippen LogP contribution is 2.20. The standard InChI is InChI=1S/C20H25FN4O.HI/c1-4-22-20(25-14(3)19-8-5-13(2)26-19)23-10-9-15-12-24-18-7-6-16(21)11-17(15)18;/h5-8,11-12,14,24H,4,9-10H2,1-3H3,(H2,22,23,25);1H. The molecule has 1 unspecified atom stereocenters. The van der Waals surface area contributed by atoms with Crippen LogP contribution in [0.15, 0.2) is 45.9 Å². The van der Waals surface area contributed by atoms with Crippen molar-refractivity contribution in [3.8, 4) is 0 Å². The third-order valence-electron chi connectivity index (χ3n) is 4.27. The van der Waals surface area contributed by atoms with Gasteiger partial charge in [0.2, 0.25) is 0 Å². The van der Waals surface area contributed by atoms with Crippen molar-refractivity contribution in [3.05, 3.63) is 59.4 Å². The molecule has 3 rings (SSSR count). The van der Waals surface area contributed by atoms with E-state index in [0.717, 1.165) is 46.9 Å². The average molecular weight is 484 g/mol. The second-order valence-corrected chi connectivity index (χ2v) is 6.33. The number of hydrogen-bond acceptors (Lipinski definition) is 2. The van der Waals surface area contributed by atoms with Crippen molar-refractivity contribution in [2.75, 3.05) is 13.1 Å². The van der Waals surface area contributed by atoms with E-state index in [-0.39, 0.29) is 35.8 Å². The number of furan rings is 1. The third kappa shape index (κ3) is 5.47. The maximum atomic E-state index is 13.5. The van der Waals surface area contributed by atoms with Crippen LogP contribution in [0, 0.1) is 12.7 Å². The molecule has 5 nitrogen and oxygen atoms in total. The molecule has 3 aromatic rings. The van der Waals surface area contributed by atoms with Crippen molar-refractivity contribution in [3.63, 3.8) is 0 Å². The van der Waals surface area contributed by atoms with E-state index in [0.29, 0.717) is 6.54 Å². The molecule has 0 spiro atoms. The van der Waals surface area contributed by atoms with E-state index in [1.165, 1.54) is 6.07 Å². The number of aromatic nitrogens is 1. The summed E-state index contributed by atoms with van der Waals surface area (Å²) in [6, 6.07) is 8.73. The number of aliphatic imine (C=N–C) groups is 1. The quantitative estimate of drug-likeness (QED) is 0.270. The molecule has 3 N–H and O–H groups in total. The molecule has 7 heteroatoms. The molecule has 0 aliphatic rings. The van der Waals surface area contributed by atoms with Gasteiger partial charge in [-0.05, 0) is 63.1 Å². The zero-order chi connectivity index (χ0) is 18.5. The van der Waals surface area contributed by atoms with E-state index in [4.69, 9.17) is 4.42 Å². The first-order chi connectivity index (χ1) is 12.6. The molecule has 0 fully saturated rings. The van der Waals surface area contributed by atoms with E-state index in [9.17, 15) is 4.39 Å². The zero-order valence-electron chi connectivity index (χ0n) is 15.8. The zero-order valence-corrected chi connectivity index (χ0v) is 18.1. The highest BCUT2D eigenvalue weighted by atomic mass is 127. The number of aryl methyl sites for hydroxylation is 1. The number of benzene rings is 1. The molecule has 146 valence electrons. The summed E-state index contributed by atoms with van der Waals surface area (Å²) >= 11 is 0. The van der Waals surface area contributed by atoms with Crippen LogP contribution in [0.25, 0.3) is 10.9 Å². The van der Waals surface area contributed by atoms with Gasteiger partial charge >= 0.3 is 0 Å². The molecule has 27 heavy (non-hydrogen) atoms. The lowest BCUT2D eigenvalue weighted by Gasteiger charge is -2.16. The lowest BCUT2D eigenvalue weighted by atomic mass is 10.1. The second-order valence-electron chi connectivity index (χ2n) is 6.33. The van der Waals surface area contributed by atoms with Crippen LogP contribution in [-0.4, -0.2) is 24.0 Å². The van der Waals surface area contributed by atoms with Gasteiger partial charge in [0.15, 0.2) is 5.96 Å². The van der Waals surface area contributed by atoms with Gasteiger partial charge in [-0.25, -0.2) is 4.39 Å². The Morgan fingerprint density at radius 3 is 2.81 bits per heavy atom. The van der Waals surface area contributed by atoms with E-state index >= 15 is 0 Å². The number of hydrogen-bond donors (Lipinski definition) is 3. The van der Waals surface area contributed by atoms with Crippen LogP contribution < -0.4 is 10.6 Å². The Kier molecular flexibility index (Phi) is 7.70. The van der Waals surface area contributed by atoms with Crippen LogP contribution in [0.5, 0.6) is 0 Å². The summed E-state index contributed by atoms with van der Waals surface area (Å²) in [4.78, 5) is 7.81. The normalized spacial score (nSPS) is 12.7. The number of fused-ring (bicyclic) bond motifs is 1. The number of guanidine groups is 1. The summed E-state index contributed by atoms with van der Waals surface area (Å²) in [7, 11) is 0. The molecule has 2 aromatic heterocycles. The lowest BCUT2D eigenvalue weighted by Crippen LogP contribution is -2.38. The number of aromatic amines is 1. The summed E-state index contributed by atoms with van der Waals surface area (Å²) in [5, 5.41) is 7.51. The molecular formula is C20H26FIN4O. The topological polar surface area (TPSA) is 65.3 Å². The Morgan fingerprint density at radius 1 is 1.30 bits per heavy atom. The molecule has 1 aromatic carbocycles. The molecule has 0 radical (unpaired) electrons. The van der Waals surface area contributed by atoms with Gasteiger partial charge in [-0.1, -0.05) is 0 Å². The van der Waals surface area contributed by atoms with Gasteiger partial charge in [0.25, 0.3) is 0 Å². The van der Waals surface area contributed by atoms with E-state index in [1.807, 2.05) is 39.1 Å². The minimum absolute atomic E-state index is 0. The van der Waals surface area contributed by atoms with Gasteiger partial charge in [-0.2, -0.15) is 0 Å². The minimum atomic E-state index is -0.223. The maximum absolute atomic E-state index is 13.5. The molecule has 0 saturated carbocycles. The fraction of sp³-hybridized carbons (Fsp3) is 0.350. The van der Waals surface area contributed by atoms with Gasteiger partial charge in [-0.3, -0.25) is 4.99 Å². The Balaban J connectivity index is 0.00000261. The first-order valence-electron chi connectivity index (χ1n) is 8.93. The molecule has 0 amide bonds. The highest BCUT2D eigenvalue weighted by Gasteiger charge is 2.11. The van der Waals surface area contributed by atoms with Crippen LogP contribution in [0.3, 0.4) is 0 Å². The van der Waals surface area contributed by atoms with Crippen molar-refractivity contribution in [1.82, 2.24) is 15.6 Å². The van der Waals surface area contributed by atoms with Crippen molar-refractivity contribution in [2.24, 2.45) is 4.99 Å². The van der Waals surface area contributed by atoms with Gasteiger partial charge in [0, 0.05) is 30.2 Å². The molecular weight excluding hydrogens is 458 g/mol. The third-order valence-corrected chi connectivity index (χ3v) is 4.27. The monoisotopic (exact) mass is 484 g/mol. The fourth-order valence-electron chi connectivity index (χ4n) is 2.93. The van der Waals surface area contributed by atoms with Crippen molar-refractivity contribution in [1.29, 1.82) is 0 Å². The summed E-state index contributed by atoms with van der Waals surface area (Å²) in [6.45, 7) is 7.37. The Hall–Kier alpha value is -2.03. The maximum Gasteiger partial charge on any atom is 0.191 e. The van der Waals surface area contributed by atoms with Crippen LogP contribution in [-0.2, 0) is 6.42 Å². The van der Waals surface area contributed by atoms with Gasteiger partial charge in [0.05, 0.1) is 6.04 Å².